The predicted octanol–water partition coefficient (Wildman–Crippen LogP) is 3.90. The van der Waals surface area contributed by atoms with Crippen molar-refractivity contribution in [3.8, 4) is 11.3 Å². The third-order valence-corrected chi connectivity index (χ3v) is 3.25. The van der Waals surface area contributed by atoms with E-state index >= 15 is 0 Å². The Balaban J connectivity index is 2.24. The number of rotatable bonds is 1. The van der Waals surface area contributed by atoms with Crippen LogP contribution in [0.1, 0.15) is 0 Å². The first kappa shape index (κ1) is 10.5. The van der Waals surface area contributed by atoms with Crippen LogP contribution in [0.4, 0.5) is 4.39 Å². The van der Waals surface area contributed by atoms with Gasteiger partial charge in [0.25, 0.3) is 0 Å². The van der Waals surface area contributed by atoms with Gasteiger partial charge in [-0.3, -0.25) is 4.40 Å². The van der Waals surface area contributed by atoms with Crippen LogP contribution in [0.2, 0.25) is 0 Å². The summed E-state index contributed by atoms with van der Waals surface area (Å²) in [6.45, 7) is 0. The van der Waals surface area contributed by atoms with Crippen LogP contribution in [0, 0.1) is 5.82 Å². The van der Waals surface area contributed by atoms with Crippen LogP contribution in [0.15, 0.2) is 53.3 Å². The average molecular weight is 291 g/mol. The smallest absolute Gasteiger partial charge is 0.151 e. The summed E-state index contributed by atoms with van der Waals surface area (Å²) >= 11 is 3.45. The van der Waals surface area contributed by atoms with Crippen molar-refractivity contribution >= 4 is 21.6 Å². The Morgan fingerprint density at radius 3 is 2.65 bits per heavy atom. The number of fused-ring (bicyclic) bond motifs is 1. The van der Waals surface area contributed by atoms with Gasteiger partial charge >= 0.3 is 0 Å². The van der Waals surface area contributed by atoms with Gasteiger partial charge in [-0.25, -0.2) is 9.37 Å². The molecule has 0 N–H and O–H groups in total. The van der Waals surface area contributed by atoms with Crippen molar-refractivity contribution in [2.45, 2.75) is 0 Å². The molecule has 0 spiro atoms. The fraction of sp³-hybridized carbons (Fsp3) is 0. The highest BCUT2D eigenvalue weighted by Crippen LogP contribution is 2.24. The van der Waals surface area contributed by atoms with Crippen LogP contribution in [-0.2, 0) is 0 Å². The largest absolute Gasteiger partial charge is 0.299 e. The molecule has 0 radical (unpaired) electrons. The summed E-state index contributed by atoms with van der Waals surface area (Å²) in [6, 6.07) is 10.3. The van der Waals surface area contributed by atoms with Crippen LogP contribution < -0.4 is 0 Å². The second-order valence-electron chi connectivity index (χ2n) is 3.70. The molecule has 17 heavy (non-hydrogen) atoms. The van der Waals surface area contributed by atoms with Gasteiger partial charge in [0.15, 0.2) is 5.65 Å². The molecule has 0 bridgehead atoms. The maximum atomic E-state index is 12.9. The van der Waals surface area contributed by atoms with Crippen LogP contribution in [0.3, 0.4) is 0 Å². The zero-order valence-electron chi connectivity index (χ0n) is 8.77. The van der Waals surface area contributed by atoms with Gasteiger partial charge in [-0.05, 0) is 52.3 Å². The van der Waals surface area contributed by atoms with E-state index in [0.717, 1.165) is 21.4 Å². The first-order chi connectivity index (χ1) is 8.25. The maximum Gasteiger partial charge on any atom is 0.151 e. The first-order valence-corrected chi connectivity index (χ1v) is 5.92. The number of hydrogen-bond acceptors (Lipinski definition) is 1. The molecule has 0 fully saturated rings. The van der Waals surface area contributed by atoms with E-state index < -0.39 is 0 Å². The van der Waals surface area contributed by atoms with Gasteiger partial charge < -0.3 is 0 Å². The van der Waals surface area contributed by atoms with Crippen LogP contribution in [0.5, 0.6) is 0 Å². The van der Waals surface area contributed by atoms with Crippen molar-refractivity contribution in [2.24, 2.45) is 0 Å². The molecular weight excluding hydrogens is 283 g/mol. The Labute approximate surface area is 106 Å². The summed E-state index contributed by atoms with van der Waals surface area (Å²) in [7, 11) is 0. The van der Waals surface area contributed by atoms with E-state index in [-0.39, 0.29) is 5.82 Å². The number of aromatic nitrogens is 2. The molecule has 1 aromatic carbocycles. The Morgan fingerprint density at radius 1 is 1.12 bits per heavy atom. The summed E-state index contributed by atoms with van der Waals surface area (Å²) in [6.07, 6.45) is 3.72. The number of benzene rings is 1. The number of imidazole rings is 1. The van der Waals surface area contributed by atoms with Crippen molar-refractivity contribution in [1.29, 1.82) is 0 Å². The molecule has 0 amide bonds. The number of halogens is 2. The molecule has 0 atom stereocenters. The highest BCUT2D eigenvalue weighted by molar-refractivity contribution is 9.10. The van der Waals surface area contributed by atoms with E-state index in [1.54, 1.807) is 18.3 Å². The van der Waals surface area contributed by atoms with E-state index in [0.29, 0.717) is 0 Å². The third kappa shape index (κ3) is 1.74. The average Bonchev–Trinajstić information content (AvgIpc) is 2.75. The summed E-state index contributed by atoms with van der Waals surface area (Å²) in [5.74, 6) is -0.233. The molecule has 0 saturated carbocycles. The van der Waals surface area contributed by atoms with Crippen LogP contribution >= 0.6 is 15.9 Å². The lowest BCUT2D eigenvalue weighted by atomic mass is 10.2. The molecule has 0 saturated heterocycles. The van der Waals surface area contributed by atoms with E-state index in [1.165, 1.54) is 12.1 Å². The normalized spacial score (nSPS) is 10.9. The minimum absolute atomic E-state index is 0.233. The Kier molecular flexibility index (Phi) is 2.44. The van der Waals surface area contributed by atoms with Crippen LogP contribution in [0.25, 0.3) is 16.9 Å². The lowest BCUT2D eigenvalue weighted by Gasteiger charge is -2.02. The topological polar surface area (TPSA) is 17.3 Å². The molecule has 0 aliphatic rings. The quantitative estimate of drug-likeness (QED) is 0.664. The fourth-order valence-electron chi connectivity index (χ4n) is 1.81. The number of hydrogen-bond donors (Lipinski definition) is 0. The first-order valence-electron chi connectivity index (χ1n) is 5.13. The van der Waals surface area contributed by atoms with Gasteiger partial charge in [-0.2, -0.15) is 0 Å². The minimum Gasteiger partial charge on any atom is -0.299 e. The Bertz CT molecular complexity index is 673. The van der Waals surface area contributed by atoms with Gasteiger partial charge in [0.2, 0.25) is 0 Å². The molecule has 3 aromatic rings. The Morgan fingerprint density at radius 2 is 1.88 bits per heavy atom. The SMILES string of the molecule is Fc1ccc(-c2cnc3c(Br)cccn23)cc1. The molecule has 2 aromatic heterocycles. The molecule has 2 nitrogen and oxygen atoms in total. The lowest BCUT2D eigenvalue weighted by Crippen LogP contribution is -1.88. The van der Waals surface area contributed by atoms with Crippen molar-refractivity contribution in [3.05, 3.63) is 59.1 Å². The molecule has 0 unspecified atom stereocenters. The molecule has 3 rings (SSSR count). The van der Waals surface area contributed by atoms with Crippen molar-refractivity contribution in [2.75, 3.05) is 0 Å². The van der Waals surface area contributed by atoms with Crippen molar-refractivity contribution in [1.82, 2.24) is 9.38 Å². The Hall–Kier alpha value is -1.68. The maximum absolute atomic E-state index is 12.9. The zero-order chi connectivity index (χ0) is 11.8. The van der Waals surface area contributed by atoms with Gasteiger partial charge in [0, 0.05) is 11.8 Å². The summed E-state index contributed by atoms with van der Waals surface area (Å²) in [4.78, 5) is 4.34. The molecule has 84 valence electrons. The van der Waals surface area contributed by atoms with E-state index in [1.807, 2.05) is 22.7 Å². The van der Waals surface area contributed by atoms with Crippen molar-refractivity contribution < 1.29 is 4.39 Å². The highest BCUT2D eigenvalue weighted by atomic mass is 79.9. The fourth-order valence-corrected chi connectivity index (χ4v) is 2.26. The highest BCUT2D eigenvalue weighted by Gasteiger charge is 2.07. The predicted molar refractivity (Wildman–Crippen MR) is 68.3 cm³/mol. The monoisotopic (exact) mass is 290 g/mol. The summed E-state index contributed by atoms with van der Waals surface area (Å²) in [5.41, 5.74) is 2.74. The molecule has 4 heteroatoms. The molecule has 0 aliphatic heterocycles. The van der Waals surface area contributed by atoms with Crippen LogP contribution in [-0.4, -0.2) is 9.38 Å². The van der Waals surface area contributed by atoms with E-state index in [2.05, 4.69) is 20.9 Å². The second-order valence-corrected chi connectivity index (χ2v) is 4.55. The lowest BCUT2D eigenvalue weighted by molar-refractivity contribution is 0.628. The number of nitrogens with zero attached hydrogens (tertiary/aromatic N) is 2. The standard InChI is InChI=1S/C13H8BrFN2/c14-11-2-1-7-17-12(8-16-13(11)17)9-3-5-10(15)6-4-9/h1-8H. The molecular formula is C13H8BrFN2. The zero-order valence-corrected chi connectivity index (χ0v) is 10.4. The van der Waals surface area contributed by atoms with Crippen molar-refractivity contribution in [3.63, 3.8) is 0 Å². The van der Waals surface area contributed by atoms with Gasteiger partial charge in [0.1, 0.15) is 5.82 Å². The second kappa shape index (κ2) is 3.96. The summed E-state index contributed by atoms with van der Waals surface area (Å²) < 4.78 is 15.8. The van der Waals surface area contributed by atoms with E-state index in [4.69, 9.17) is 0 Å². The van der Waals surface area contributed by atoms with E-state index in [9.17, 15) is 4.39 Å². The molecule has 2 heterocycles. The third-order valence-electron chi connectivity index (χ3n) is 2.63. The van der Waals surface area contributed by atoms with Gasteiger partial charge in [-0.15, -0.1) is 0 Å². The van der Waals surface area contributed by atoms with Gasteiger partial charge in [-0.1, -0.05) is 0 Å². The minimum atomic E-state index is -0.233. The number of pyridine rings is 1. The van der Waals surface area contributed by atoms with Gasteiger partial charge in [0.05, 0.1) is 16.4 Å². The summed E-state index contributed by atoms with van der Waals surface area (Å²) in [5, 5.41) is 0. The molecule has 0 aliphatic carbocycles.